The highest BCUT2D eigenvalue weighted by molar-refractivity contribution is 6.00. The van der Waals surface area contributed by atoms with Gasteiger partial charge >= 0.3 is 0 Å². The fraction of sp³-hybridized carbons (Fsp3) is 0.0870. The summed E-state index contributed by atoms with van der Waals surface area (Å²) >= 11 is 0. The Morgan fingerprint density at radius 3 is 2.24 bits per heavy atom. The minimum Gasteiger partial charge on any atom is -0.343 e. The van der Waals surface area contributed by atoms with Crippen LogP contribution in [0.2, 0.25) is 0 Å². The van der Waals surface area contributed by atoms with Crippen LogP contribution in [0.3, 0.4) is 0 Å². The minimum atomic E-state index is -0.531. The van der Waals surface area contributed by atoms with Gasteiger partial charge in [-0.05, 0) is 41.8 Å². The van der Waals surface area contributed by atoms with Crippen LogP contribution in [-0.4, -0.2) is 24.1 Å². The number of nitrogens with one attached hydrogen (secondary N) is 2. The second kappa shape index (κ2) is 9.41. The third kappa shape index (κ3) is 5.59. The molecule has 0 aliphatic heterocycles. The van der Waals surface area contributed by atoms with Crippen LogP contribution in [-0.2, 0) is 4.79 Å². The molecule has 0 saturated heterocycles. The second-order valence-corrected chi connectivity index (χ2v) is 6.37. The molecule has 3 aromatic carbocycles. The topological polar surface area (TPSA) is 70.6 Å². The second-order valence-electron chi connectivity index (χ2n) is 6.37. The van der Waals surface area contributed by atoms with Crippen LogP contribution in [0.25, 0.3) is 11.1 Å². The van der Waals surface area contributed by atoms with Crippen molar-refractivity contribution >= 4 is 17.5 Å². The van der Waals surface area contributed by atoms with E-state index < -0.39 is 17.6 Å². The molecular formula is C23H20FN3O2. The molecule has 0 aliphatic carbocycles. The summed E-state index contributed by atoms with van der Waals surface area (Å²) in [6.07, 6.45) is 0. The van der Waals surface area contributed by atoms with E-state index in [-0.39, 0.29) is 12.1 Å². The predicted octanol–water partition coefficient (Wildman–Crippen LogP) is 3.76. The molecule has 146 valence electrons. The summed E-state index contributed by atoms with van der Waals surface area (Å²) in [5, 5.41) is 6.50. The molecule has 0 spiro atoms. The van der Waals surface area contributed by atoms with Gasteiger partial charge in [0.25, 0.3) is 11.8 Å². The highest BCUT2D eigenvalue weighted by atomic mass is 19.1. The molecule has 0 radical (unpaired) electrons. The van der Waals surface area contributed by atoms with E-state index in [4.69, 9.17) is 0 Å². The SMILES string of the molecule is CC(=NNC(=O)CNC(=O)c1cccc(F)c1)c1ccc(-c2ccccc2)cc1. The maximum atomic E-state index is 13.1. The Bertz CT molecular complexity index is 1030. The van der Waals surface area contributed by atoms with Crippen molar-refractivity contribution in [3.63, 3.8) is 0 Å². The van der Waals surface area contributed by atoms with E-state index in [1.807, 2.05) is 54.6 Å². The van der Waals surface area contributed by atoms with Crippen LogP contribution < -0.4 is 10.7 Å². The van der Waals surface area contributed by atoms with Gasteiger partial charge in [-0.2, -0.15) is 5.10 Å². The molecule has 0 saturated carbocycles. The molecule has 0 atom stereocenters. The number of benzene rings is 3. The molecule has 3 aromatic rings. The summed E-state index contributed by atoms with van der Waals surface area (Å²) < 4.78 is 13.1. The first-order chi connectivity index (χ1) is 14.0. The molecular weight excluding hydrogens is 369 g/mol. The Morgan fingerprint density at radius 1 is 0.862 bits per heavy atom. The van der Waals surface area contributed by atoms with E-state index in [0.29, 0.717) is 5.71 Å². The van der Waals surface area contributed by atoms with Crippen LogP contribution in [0.4, 0.5) is 4.39 Å². The highest BCUT2D eigenvalue weighted by Gasteiger charge is 2.08. The number of hydrazone groups is 1. The predicted molar refractivity (Wildman–Crippen MR) is 111 cm³/mol. The number of hydrogen-bond acceptors (Lipinski definition) is 3. The fourth-order valence-electron chi connectivity index (χ4n) is 2.68. The molecule has 2 amide bonds. The van der Waals surface area contributed by atoms with Crippen molar-refractivity contribution in [2.45, 2.75) is 6.92 Å². The first kappa shape index (κ1) is 19.9. The molecule has 0 heterocycles. The number of carbonyl (C=O) groups excluding carboxylic acids is 2. The maximum absolute atomic E-state index is 13.1. The first-order valence-electron chi connectivity index (χ1n) is 9.05. The summed E-state index contributed by atoms with van der Waals surface area (Å²) in [6.45, 7) is 1.52. The van der Waals surface area contributed by atoms with E-state index in [9.17, 15) is 14.0 Å². The molecule has 0 aliphatic rings. The van der Waals surface area contributed by atoms with Crippen molar-refractivity contribution in [2.24, 2.45) is 5.10 Å². The van der Waals surface area contributed by atoms with Gasteiger partial charge in [0.05, 0.1) is 12.3 Å². The zero-order valence-corrected chi connectivity index (χ0v) is 15.9. The Balaban J connectivity index is 1.53. The molecule has 5 nitrogen and oxygen atoms in total. The Morgan fingerprint density at radius 2 is 1.55 bits per heavy atom. The summed E-state index contributed by atoms with van der Waals surface area (Å²) in [7, 11) is 0. The van der Waals surface area contributed by atoms with Crippen molar-refractivity contribution in [1.82, 2.24) is 10.7 Å². The number of hydrogen-bond donors (Lipinski definition) is 2. The van der Waals surface area contributed by atoms with Crippen LogP contribution >= 0.6 is 0 Å². The lowest BCUT2D eigenvalue weighted by molar-refractivity contribution is -0.120. The number of rotatable bonds is 6. The normalized spacial score (nSPS) is 11.0. The number of carbonyl (C=O) groups is 2. The molecule has 29 heavy (non-hydrogen) atoms. The van der Waals surface area contributed by atoms with Crippen molar-refractivity contribution in [1.29, 1.82) is 0 Å². The van der Waals surface area contributed by atoms with Gasteiger partial charge < -0.3 is 5.32 Å². The van der Waals surface area contributed by atoms with Crippen LogP contribution in [0.1, 0.15) is 22.8 Å². The van der Waals surface area contributed by atoms with Gasteiger partial charge in [0.2, 0.25) is 0 Å². The Kier molecular flexibility index (Phi) is 6.47. The summed E-state index contributed by atoms with van der Waals surface area (Å²) in [5.41, 5.74) is 6.27. The van der Waals surface area contributed by atoms with Gasteiger partial charge in [-0.3, -0.25) is 9.59 Å². The van der Waals surface area contributed by atoms with Gasteiger partial charge in [0.15, 0.2) is 0 Å². The zero-order valence-electron chi connectivity index (χ0n) is 15.9. The Labute approximate surface area is 168 Å². The largest absolute Gasteiger partial charge is 0.343 e. The summed E-state index contributed by atoms with van der Waals surface area (Å²) in [6, 6.07) is 23.1. The van der Waals surface area contributed by atoms with Gasteiger partial charge in [-0.25, -0.2) is 9.82 Å². The van der Waals surface area contributed by atoms with E-state index in [1.54, 1.807) is 6.92 Å². The van der Waals surface area contributed by atoms with Crippen molar-refractivity contribution in [2.75, 3.05) is 6.54 Å². The van der Waals surface area contributed by atoms with Gasteiger partial charge in [0, 0.05) is 5.56 Å². The van der Waals surface area contributed by atoms with E-state index >= 15 is 0 Å². The highest BCUT2D eigenvalue weighted by Crippen LogP contribution is 2.19. The number of halogens is 1. The lowest BCUT2D eigenvalue weighted by Crippen LogP contribution is -2.35. The summed E-state index contributed by atoms with van der Waals surface area (Å²) in [4.78, 5) is 23.8. The fourth-order valence-corrected chi connectivity index (χ4v) is 2.68. The smallest absolute Gasteiger partial charge is 0.259 e. The molecule has 0 bridgehead atoms. The maximum Gasteiger partial charge on any atom is 0.259 e. The quantitative estimate of drug-likeness (QED) is 0.498. The first-order valence-corrected chi connectivity index (χ1v) is 9.05. The van der Waals surface area contributed by atoms with Crippen molar-refractivity contribution in [3.8, 4) is 11.1 Å². The molecule has 0 aromatic heterocycles. The van der Waals surface area contributed by atoms with Gasteiger partial charge in [-0.15, -0.1) is 0 Å². The minimum absolute atomic E-state index is 0.149. The van der Waals surface area contributed by atoms with Crippen LogP contribution in [0.15, 0.2) is 84.0 Å². The average molecular weight is 389 g/mol. The van der Waals surface area contributed by atoms with E-state index in [0.717, 1.165) is 22.8 Å². The molecule has 0 fully saturated rings. The Hall–Kier alpha value is -3.80. The molecule has 0 unspecified atom stereocenters. The van der Waals surface area contributed by atoms with Crippen molar-refractivity contribution in [3.05, 3.63) is 95.8 Å². The summed E-state index contributed by atoms with van der Waals surface area (Å²) in [5.74, 6) is -1.52. The molecule has 3 rings (SSSR count). The monoisotopic (exact) mass is 389 g/mol. The lowest BCUT2D eigenvalue weighted by Gasteiger charge is -2.06. The number of amides is 2. The average Bonchev–Trinajstić information content (AvgIpc) is 2.76. The van der Waals surface area contributed by atoms with Gasteiger partial charge in [-0.1, -0.05) is 60.7 Å². The van der Waals surface area contributed by atoms with Crippen LogP contribution in [0.5, 0.6) is 0 Å². The molecule has 2 N–H and O–H groups in total. The van der Waals surface area contributed by atoms with E-state index in [2.05, 4.69) is 15.8 Å². The van der Waals surface area contributed by atoms with Gasteiger partial charge in [0.1, 0.15) is 5.82 Å². The number of nitrogens with zero attached hydrogens (tertiary/aromatic N) is 1. The standard InChI is InChI=1S/C23H20FN3O2/c1-16(17-10-12-19(13-11-17)18-6-3-2-4-7-18)26-27-22(28)15-25-23(29)20-8-5-9-21(24)14-20/h2-14H,15H2,1H3,(H,25,29)(H,27,28). The third-order valence-corrected chi connectivity index (χ3v) is 4.25. The molecule has 6 heteroatoms. The zero-order chi connectivity index (χ0) is 20.6. The van der Waals surface area contributed by atoms with Crippen molar-refractivity contribution < 1.29 is 14.0 Å². The van der Waals surface area contributed by atoms with Crippen LogP contribution in [0, 0.1) is 5.82 Å². The van der Waals surface area contributed by atoms with E-state index in [1.165, 1.54) is 18.2 Å². The lowest BCUT2D eigenvalue weighted by atomic mass is 10.0. The third-order valence-electron chi connectivity index (χ3n) is 4.25.